The Morgan fingerprint density at radius 1 is 0.400 bits per heavy atom. The Balaban J connectivity index is 1.82. The van der Waals surface area contributed by atoms with E-state index < -0.39 is 0 Å². The smallest absolute Gasteiger partial charge is 0.0795 e. The number of hydrogen-bond donors (Lipinski definition) is 0. The molecule has 0 radical (unpaired) electrons. The van der Waals surface area contributed by atoms with Crippen LogP contribution in [-0.4, -0.2) is 0 Å². The topological polar surface area (TPSA) is 0 Å². The molecule has 0 bridgehead atoms. The Hall–Kier alpha value is -3.42. The van der Waals surface area contributed by atoms with Gasteiger partial charge in [0.15, 0.2) is 0 Å². The van der Waals surface area contributed by atoms with Crippen molar-refractivity contribution in [3.63, 3.8) is 0 Å². The molecule has 5 aromatic rings. The average Bonchev–Trinajstić information content (AvgIpc) is 3.33. The highest BCUT2D eigenvalue weighted by molar-refractivity contribution is 7.15. The van der Waals surface area contributed by atoms with Crippen molar-refractivity contribution in [2.24, 2.45) is 0 Å². The van der Waals surface area contributed by atoms with Gasteiger partial charge in [0.2, 0.25) is 0 Å². The summed E-state index contributed by atoms with van der Waals surface area (Å²) in [5.41, 5.74) is 4.75. The number of rotatable bonds is 5. The molecular weight excluding hydrogens is 380 g/mol. The fraction of sp³-hybridized carbons (Fsp3) is 0.0345. The van der Waals surface area contributed by atoms with Gasteiger partial charge >= 0.3 is 0 Å². The summed E-state index contributed by atoms with van der Waals surface area (Å²) in [7, 11) is 0. The van der Waals surface area contributed by atoms with Gasteiger partial charge < -0.3 is 0 Å². The molecular formula is C29H22S. The van der Waals surface area contributed by atoms with E-state index in [1.165, 1.54) is 32.0 Å². The molecule has 5 rings (SSSR count). The van der Waals surface area contributed by atoms with Gasteiger partial charge in [0.05, 0.1) is 5.41 Å². The van der Waals surface area contributed by atoms with Crippen molar-refractivity contribution < 1.29 is 0 Å². The van der Waals surface area contributed by atoms with Crippen LogP contribution in [0.1, 0.15) is 21.6 Å². The van der Waals surface area contributed by atoms with Gasteiger partial charge in [-0.05, 0) is 34.4 Å². The van der Waals surface area contributed by atoms with E-state index in [2.05, 4.69) is 133 Å². The molecule has 0 atom stereocenters. The van der Waals surface area contributed by atoms with Crippen LogP contribution in [0.3, 0.4) is 0 Å². The van der Waals surface area contributed by atoms with Crippen molar-refractivity contribution in [2.75, 3.05) is 0 Å². The Bertz CT molecular complexity index is 1110. The van der Waals surface area contributed by atoms with Crippen molar-refractivity contribution in [2.45, 2.75) is 5.41 Å². The van der Waals surface area contributed by atoms with Crippen LogP contribution in [0.2, 0.25) is 0 Å². The molecule has 0 aliphatic rings. The van der Waals surface area contributed by atoms with Crippen LogP contribution >= 0.6 is 11.3 Å². The maximum atomic E-state index is 2.31. The van der Waals surface area contributed by atoms with Gasteiger partial charge in [-0.1, -0.05) is 121 Å². The largest absolute Gasteiger partial charge is 0.139 e. The van der Waals surface area contributed by atoms with Gasteiger partial charge in [-0.15, -0.1) is 11.3 Å². The maximum absolute atomic E-state index is 2.31. The lowest BCUT2D eigenvalue weighted by atomic mass is 9.68. The average molecular weight is 403 g/mol. The van der Waals surface area contributed by atoms with E-state index in [-0.39, 0.29) is 5.41 Å². The Morgan fingerprint density at radius 3 is 1.23 bits per heavy atom. The van der Waals surface area contributed by atoms with Crippen molar-refractivity contribution >= 4 is 11.3 Å². The van der Waals surface area contributed by atoms with Crippen molar-refractivity contribution in [1.29, 1.82) is 0 Å². The van der Waals surface area contributed by atoms with Crippen molar-refractivity contribution in [3.05, 3.63) is 155 Å². The zero-order chi connectivity index (χ0) is 20.2. The predicted molar refractivity (Wildman–Crippen MR) is 128 cm³/mol. The molecule has 0 unspecified atom stereocenters. The second-order valence-corrected chi connectivity index (χ2v) is 8.46. The fourth-order valence-corrected chi connectivity index (χ4v) is 5.56. The Morgan fingerprint density at radius 2 is 0.800 bits per heavy atom. The lowest BCUT2D eigenvalue weighted by molar-refractivity contribution is 0.763. The molecule has 0 spiro atoms. The predicted octanol–water partition coefficient (Wildman–Crippen LogP) is 7.80. The van der Waals surface area contributed by atoms with Crippen LogP contribution < -0.4 is 0 Å². The monoisotopic (exact) mass is 402 g/mol. The number of benzene rings is 4. The van der Waals surface area contributed by atoms with Crippen LogP contribution in [0.25, 0.3) is 10.4 Å². The van der Waals surface area contributed by atoms with E-state index in [0.29, 0.717) is 0 Å². The lowest BCUT2D eigenvalue weighted by Gasteiger charge is -2.35. The maximum Gasteiger partial charge on any atom is 0.0795 e. The minimum atomic E-state index is -0.360. The summed E-state index contributed by atoms with van der Waals surface area (Å²) in [6, 6.07) is 47.8. The first kappa shape index (κ1) is 18.6. The van der Waals surface area contributed by atoms with E-state index in [1.807, 2.05) is 11.3 Å². The standard InChI is InChI=1S/C29H22S/c1-5-13-23(14-6-1)27-21-22-28(30-27)29(24-15-7-2-8-16-24,25-17-9-3-10-18-25)26-19-11-4-12-20-26/h1-22H. The Labute approximate surface area is 182 Å². The molecule has 0 aliphatic carbocycles. The van der Waals surface area contributed by atoms with E-state index in [0.717, 1.165) is 0 Å². The third-order valence-electron chi connectivity index (χ3n) is 5.65. The van der Waals surface area contributed by atoms with Gasteiger partial charge in [-0.3, -0.25) is 0 Å². The molecule has 30 heavy (non-hydrogen) atoms. The highest BCUT2D eigenvalue weighted by atomic mass is 32.1. The molecule has 4 aromatic carbocycles. The minimum absolute atomic E-state index is 0.360. The first-order valence-electron chi connectivity index (χ1n) is 10.2. The number of thiophene rings is 1. The first-order valence-corrected chi connectivity index (χ1v) is 11.0. The summed E-state index contributed by atoms with van der Waals surface area (Å²) < 4.78 is 0. The number of hydrogen-bond acceptors (Lipinski definition) is 1. The molecule has 0 saturated carbocycles. The molecule has 0 saturated heterocycles. The SMILES string of the molecule is c1ccc(-c2ccc(C(c3ccccc3)(c3ccccc3)c3ccccc3)s2)cc1. The van der Waals surface area contributed by atoms with E-state index >= 15 is 0 Å². The van der Waals surface area contributed by atoms with Crippen LogP contribution in [0, 0.1) is 0 Å². The van der Waals surface area contributed by atoms with Crippen molar-refractivity contribution in [3.8, 4) is 10.4 Å². The summed E-state index contributed by atoms with van der Waals surface area (Å²) in [6.45, 7) is 0. The van der Waals surface area contributed by atoms with Gasteiger partial charge in [0.1, 0.15) is 0 Å². The minimum Gasteiger partial charge on any atom is -0.139 e. The summed E-state index contributed by atoms with van der Waals surface area (Å²) in [5.74, 6) is 0. The van der Waals surface area contributed by atoms with Crippen LogP contribution in [0.4, 0.5) is 0 Å². The second-order valence-electron chi connectivity index (χ2n) is 7.38. The zero-order valence-corrected chi connectivity index (χ0v) is 17.4. The van der Waals surface area contributed by atoms with E-state index in [1.54, 1.807) is 0 Å². The van der Waals surface area contributed by atoms with Crippen molar-refractivity contribution in [1.82, 2.24) is 0 Å². The molecule has 1 aromatic heterocycles. The molecule has 0 N–H and O–H groups in total. The first-order chi connectivity index (χ1) is 14.9. The third kappa shape index (κ3) is 3.18. The summed E-state index contributed by atoms with van der Waals surface area (Å²) in [5, 5.41) is 0. The molecule has 144 valence electrons. The molecule has 1 heteroatoms. The summed E-state index contributed by atoms with van der Waals surface area (Å²) in [4.78, 5) is 2.61. The highest BCUT2D eigenvalue weighted by Gasteiger charge is 2.39. The third-order valence-corrected chi connectivity index (χ3v) is 6.91. The van der Waals surface area contributed by atoms with E-state index in [4.69, 9.17) is 0 Å². The van der Waals surface area contributed by atoms with Crippen LogP contribution in [-0.2, 0) is 5.41 Å². The van der Waals surface area contributed by atoms with Crippen LogP contribution in [0.15, 0.2) is 133 Å². The molecule has 0 amide bonds. The second kappa shape index (κ2) is 8.14. The quantitative estimate of drug-likeness (QED) is 0.263. The lowest BCUT2D eigenvalue weighted by Crippen LogP contribution is -2.29. The zero-order valence-electron chi connectivity index (χ0n) is 16.6. The van der Waals surface area contributed by atoms with Gasteiger partial charge in [0.25, 0.3) is 0 Å². The molecule has 0 aliphatic heterocycles. The van der Waals surface area contributed by atoms with Gasteiger partial charge in [-0.25, -0.2) is 0 Å². The Kier molecular flexibility index (Phi) is 5.04. The fourth-order valence-electron chi connectivity index (χ4n) is 4.29. The van der Waals surface area contributed by atoms with Gasteiger partial charge in [0, 0.05) is 9.75 Å². The molecule has 0 fully saturated rings. The van der Waals surface area contributed by atoms with Gasteiger partial charge in [-0.2, -0.15) is 0 Å². The highest BCUT2D eigenvalue weighted by Crippen LogP contribution is 2.48. The summed E-state index contributed by atoms with van der Waals surface area (Å²) in [6.07, 6.45) is 0. The van der Waals surface area contributed by atoms with Crippen LogP contribution in [0.5, 0.6) is 0 Å². The van der Waals surface area contributed by atoms with E-state index in [9.17, 15) is 0 Å². The molecule has 1 heterocycles. The normalized spacial score (nSPS) is 11.3. The molecule has 0 nitrogen and oxygen atoms in total. The summed E-state index contributed by atoms with van der Waals surface area (Å²) >= 11 is 1.88.